The number of nitrogens with zero attached hydrogens (tertiary/aromatic N) is 3. The number of hydrogen-bond acceptors (Lipinski definition) is 9. The molecule has 3 aromatic rings. The Morgan fingerprint density at radius 1 is 1.13 bits per heavy atom. The van der Waals surface area contributed by atoms with E-state index in [1.165, 1.54) is 34.0 Å². The summed E-state index contributed by atoms with van der Waals surface area (Å²) >= 11 is 4.20. The minimum atomic E-state index is -0.584. The molecule has 0 bridgehead atoms. The zero-order valence-electron chi connectivity index (χ0n) is 12.3. The first-order valence-electron chi connectivity index (χ1n) is 6.81. The van der Waals surface area contributed by atoms with Gasteiger partial charge in [0.15, 0.2) is 5.69 Å². The van der Waals surface area contributed by atoms with Gasteiger partial charge in [-0.3, -0.25) is 0 Å². The number of ether oxygens (including phenoxy) is 1. The highest BCUT2D eigenvalue weighted by Gasteiger charge is 2.16. The lowest BCUT2D eigenvalue weighted by atomic mass is 10.4. The highest BCUT2D eigenvalue weighted by Crippen LogP contribution is 2.32. The van der Waals surface area contributed by atoms with E-state index in [9.17, 15) is 9.90 Å². The van der Waals surface area contributed by atoms with Crippen LogP contribution in [0.25, 0.3) is 21.4 Å². The van der Waals surface area contributed by atoms with Gasteiger partial charge in [-0.2, -0.15) is 0 Å². The average Bonchev–Trinajstić information content (AvgIpc) is 3.26. The molecule has 3 aromatic heterocycles. The molecule has 1 N–H and O–H groups in total. The summed E-state index contributed by atoms with van der Waals surface area (Å²) in [7, 11) is 0. The third-order valence-electron chi connectivity index (χ3n) is 2.81. The van der Waals surface area contributed by atoms with Gasteiger partial charge >= 0.3 is 5.97 Å². The van der Waals surface area contributed by atoms with E-state index in [0.29, 0.717) is 28.0 Å². The van der Waals surface area contributed by atoms with Crippen molar-refractivity contribution in [3.05, 3.63) is 26.8 Å². The summed E-state index contributed by atoms with van der Waals surface area (Å²) in [5, 5.41) is 17.1. The zero-order valence-corrected chi connectivity index (χ0v) is 14.8. The predicted octanol–water partition coefficient (Wildman–Crippen LogP) is 3.62. The Bertz CT molecular complexity index is 822. The van der Waals surface area contributed by atoms with Gasteiger partial charge in [-0.05, 0) is 13.8 Å². The summed E-state index contributed by atoms with van der Waals surface area (Å²) in [6.45, 7) is 3.76. The highest BCUT2D eigenvalue weighted by molar-refractivity contribution is 7.16. The van der Waals surface area contributed by atoms with Crippen LogP contribution in [0.3, 0.4) is 0 Å². The Kier molecular flexibility index (Phi) is 4.81. The second-order valence-corrected chi connectivity index (χ2v) is 7.15. The molecule has 120 valence electrons. The van der Waals surface area contributed by atoms with Crippen LogP contribution in [-0.4, -0.2) is 32.6 Å². The van der Waals surface area contributed by atoms with Crippen molar-refractivity contribution < 1.29 is 14.6 Å². The minimum Gasteiger partial charge on any atom is -0.461 e. The van der Waals surface area contributed by atoms with Gasteiger partial charge in [0.1, 0.15) is 32.5 Å². The summed E-state index contributed by atoms with van der Waals surface area (Å²) < 4.78 is 4.93. The molecule has 0 fully saturated rings. The smallest absolute Gasteiger partial charge is 0.357 e. The van der Waals surface area contributed by atoms with Gasteiger partial charge < -0.3 is 9.84 Å². The first-order chi connectivity index (χ1) is 11.1. The fraction of sp³-hybridized carbons (Fsp3) is 0.286. The van der Waals surface area contributed by atoms with Gasteiger partial charge in [-0.15, -0.1) is 34.0 Å². The fourth-order valence-corrected chi connectivity index (χ4v) is 4.16. The predicted molar refractivity (Wildman–Crippen MR) is 90.9 cm³/mol. The number of thiazole rings is 3. The number of aliphatic hydroxyl groups excluding tert-OH is 1. The quantitative estimate of drug-likeness (QED) is 0.693. The van der Waals surface area contributed by atoms with Gasteiger partial charge in [-0.25, -0.2) is 19.7 Å². The van der Waals surface area contributed by atoms with Crippen molar-refractivity contribution in [2.45, 2.75) is 20.0 Å². The van der Waals surface area contributed by atoms with E-state index in [1.807, 2.05) is 10.8 Å². The molecule has 0 saturated heterocycles. The van der Waals surface area contributed by atoms with Crippen LogP contribution in [0.5, 0.6) is 0 Å². The molecule has 0 aliphatic heterocycles. The lowest BCUT2D eigenvalue weighted by Crippen LogP contribution is -2.04. The number of hydrogen-bond donors (Lipinski definition) is 1. The molecule has 0 amide bonds. The van der Waals surface area contributed by atoms with E-state index in [2.05, 4.69) is 15.0 Å². The van der Waals surface area contributed by atoms with Crippen molar-refractivity contribution >= 4 is 40.0 Å². The van der Waals surface area contributed by atoms with Crippen LogP contribution in [0.1, 0.15) is 35.4 Å². The van der Waals surface area contributed by atoms with Crippen LogP contribution in [0, 0.1) is 0 Å². The van der Waals surface area contributed by atoms with Crippen LogP contribution >= 0.6 is 34.0 Å². The maximum Gasteiger partial charge on any atom is 0.357 e. The number of aromatic nitrogens is 3. The third-order valence-corrected chi connectivity index (χ3v) is 5.56. The van der Waals surface area contributed by atoms with Crippen molar-refractivity contribution in [2.24, 2.45) is 0 Å². The van der Waals surface area contributed by atoms with Gasteiger partial charge in [0.25, 0.3) is 0 Å². The molecular formula is C14H13N3O3S3. The Hall–Kier alpha value is -1.68. The van der Waals surface area contributed by atoms with Gasteiger partial charge in [0.2, 0.25) is 0 Å². The molecule has 9 heteroatoms. The van der Waals surface area contributed by atoms with Gasteiger partial charge in [0, 0.05) is 16.1 Å². The molecule has 0 aliphatic rings. The van der Waals surface area contributed by atoms with Crippen LogP contribution < -0.4 is 0 Å². The highest BCUT2D eigenvalue weighted by atomic mass is 32.1. The molecule has 0 saturated carbocycles. The van der Waals surface area contributed by atoms with Crippen LogP contribution in [0.2, 0.25) is 0 Å². The molecule has 23 heavy (non-hydrogen) atoms. The molecule has 3 heterocycles. The SMILES string of the molecule is CCOC(=O)c1csc(-c2csc(-c3csc([C@@H](C)O)n3)n2)n1. The maximum atomic E-state index is 11.7. The summed E-state index contributed by atoms with van der Waals surface area (Å²) in [5.74, 6) is -0.425. The largest absolute Gasteiger partial charge is 0.461 e. The molecule has 0 aliphatic carbocycles. The molecule has 0 radical (unpaired) electrons. The van der Waals surface area contributed by atoms with Crippen molar-refractivity contribution in [1.29, 1.82) is 0 Å². The Morgan fingerprint density at radius 3 is 2.48 bits per heavy atom. The number of carbonyl (C=O) groups excluding carboxylic acids is 1. The van der Waals surface area contributed by atoms with Crippen molar-refractivity contribution in [3.63, 3.8) is 0 Å². The van der Waals surface area contributed by atoms with E-state index >= 15 is 0 Å². The fourth-order valence-electron chi connectivity index (χ4n) is 1.76. The second-order valence-electron chi connectivity index (χ2n) is 4.54. The Balaban J connectivity index is 1.82. The molecule has 0 spiro atoms. The number of rotatable bonds is 5. The topological polar surface area (TPSA) is 85.2 Å². The van der Waals surface area contributed by atoms with Crippen molar-refractivity contribution in [1.82, 2.24) is 15.0 Å². The molecule has 0 unspecified atom stereocenters. The number of aliphatic hydroxyl groups is 1. The first kappa shape index (κ1) is 16.2. The Morgan fingerprint density at radius 2 is 1.78 bits per heavy atom. The standard InChI is InChI=1S/C14H13N3O3S3/c1-3-20-14(19)10-6-23-13(17-10)9-5-22-12(16-9)8-4-21-11(15-8)7(2)18/h4-7,18H,3H2,1-2H3/t7-/m1/s1. The van der Waals surface area contributed by atoms with Crippen molar-refractivity contribution in [2.75, 3.05) is 6.61 Å². The molecule has 6 nitrogen and oxygen atoms in total. The first-order valence-corrected chi connectivity index (χ1v) is 9.44. The summed E-state index contributed by atoms with van der Waals surface area (Å²) in [6.07, 6.45) is -0.584. The molecule has 1 atom stereocenters. The second kappa shape index (κ2) is 6.83. The van der Waals surface area contributed by atoms with E-state index in [1.54, 1.807) is 19.2 Å². The van der Waals surface area contributed by atoms with Crippen molar-refractivity contribution in [3.8, 4) is 21.4 Å². The van der Waals surface area contributed by atoms with Crippen LogP contribution in [0.4, 0.5) is 0 Å². The van der Waals surface area contributed by atoms with E-state index < -0.39 is 12.1 Å². The lowest BCUT2D eigenvalue weighted by Gasteiger charge is -1.96. The van der Waals surface area contributed by atoms with Crippen LogP contribution in [0.15, 0.2) is 16.1 Å². The number of carbonyl (C=O) groups is 1. The zero-order chi connectivity index (χ0) is 16.4. The van der Waals surface area contributed by atoms with E-state index in [4.69, 9.17) is 4.74 Å². The molecule has 0 aromatic carbocycles. The summed E-state index contributed by atoms with van der Waals surface area (Å²) in [6, 6.07) is 0. The number of esters is 1. The molecular weight excluding hydrogens is 354 g/mol. The van der Waals surface area contributed by atoms with E-state index in [0.717, 1.165) is 10.7 Å². The average molecular weight is 367 g/mol. The van der Waals surface area contributed by atoms with Gasteiger partial charge in [-0.1, -0.05) is 0 Å². The van der Waals surface area contributed by atoms with E-state index in [-0.39, 0.29) is 0 Å². The molecule has 3 rings (SSSR count). The van der Waals surface area contributed by atoms with Crippen LogP contribution in [-0.2, 0) is 4.74 Å². The van der Waals surface area contributed by atoms with Gasteiger partial charge in [0.05, 0.1) is 6.61 Å². The monoisotopic (exact) mass is 367 g/mol. The Labute approximate surface area is 144 Å². The summed E-state index contributed by atoms with van der Waals surface area (Å²) in [4.78, 5) is 24.8. The maximum absolute atomic E-state index is 11.7. The lowest BCUT2D eigenvalue weighted by molar-refractivity contribution is 0.0520. The third kappa shape index (κ3) is 3.47. The minimum absolute atomic E-state index is 0.298. The summed E-state index contributed by atoms with van der Waals surface area (Å²) in [5.41, 5.74) is 1.74. The normalized spacial score (nSPS) is 12.3.